The van der Waals surface area contributed by atoms with Gasteiger partial charge in [-0.1, -0.05) is 32.0 Å². The number of nitrogens with zero attached hydrogens (tertiary/aromatic N) is 5. The first kappa shape index (κ1) is 27.3. The summed E-state index contributed by atoms with van der Waals surface area (Å²) in [5, 5.41) is 15.0. The number of carbonyl (C=O) groups excluding carboxylic acids is 1. The lowest BCUT2D eigenvalue weighted by atomic mass is 9.99. The number of amides is 2. The van der Waals surface area contributed by atoms with Crippen LogP contribution in [0.4, 0.5) is 20.6 Å². The van der Waals surface area contributed by atoms with Gasteiger partial charge in [-0.2, -0.15) is 9.57 Å². The molecule has 4 rings (SSSR count). The zero-order valence-corrected chi connectivity index (χ0v) is 22.5. The highest BCUT2D eigenvalue weighted by Gasteiger charge is 2.34. The standard InChI is InChI=1S/C26H32FN7O3S/c1-18(2)24-16-32(26(35)30-21-8-5-7-20(27)14-21)12-13-34(24)25(29-17-28)31-23-9-4-6-19-15-33(38(3,36)37)11-10-22(19)23/h4-9,14,18,24H,10-13,15-16H2,1-3H3,(H,29,31)(H,30,35). The normalized spacial score (nSPS) is 18.6. The molecule has 2 heterocycles. The number of nitriles is 1. The Hall–Kier alpha value is -3.69. The number of hydrogen-bond donors (Lipinski definition) is 2. The maximum atomic E-state index is 13.5. The molecule has 1 unspecified atom stereocenters. The van der Waals surface area contributed by atoms with Crippen molar-refractivity contribution in [3.63, 3.8) is 0 Å². The monoisotopic (exact) mass is 541 g/mol. The van der Waals surface area contributed by atoms with Crippen molar-refractivity contribution in [2.75, 3.05) is 37.8 Å². The molecule has 10 nitrogen and oxygen atoms in total. The number of anilines is 1. The lowest BCUT2D eigenvalue weighted by molar-refractivity contribution is 0.118. The molecule has 2 amide bonds. The second-order valence-corrected chi connectivity index (χ2v) is 11.8. The third-order valence-electron chi connectivity index (χ3n) is 6.89. The van der Waals surface area contributed by atoms with Gasteiger partial charge >= 0.3 is 6.03 Å². The average molecular weight is 542 g/mol. The van der Waals surface area contributed by atoms with E-state index in [4.69, 9.17) is 4.99 Å². The number of piperazine rings is 1. The molecule has 12 heteroatoms. The molecular weight excluding hydrogens is 509 g/mol. The number of aliphatic imine (C=N–C) groups is 1. The van der Waals surface area contributed by atoms with E-state index in [-0.39, 0.29) is 24.5 Å². The lowest BCUT2D eigenvalue weighted by Crippen LogP contribution is -2.60. The van der Waals surface area contributed by atoms with Crippen molar-refractivity contribution in [3.8, 4) is 6.19 Å². The summed E-state index contributed by atoms with van der Waals surface area (Å²) in [6, 6.07) is 10.9. The minimum absolute atomic E-state index is 0.124. The van der Waals surface area contributed by atoms with Gasteiger partial charge in [-0.25, -0.2) is 22.6 Å². The maximum absolute atomic E-state index is 13.5. The van der Waals surface area contributed by atoms with Gasteiger partial charge in [-0.3, -0.25) is 5.32 Å². The Kier molecular flexibility index (Phi) is 8.18. The number of urea groups is 1. The predicted octanol–water partition coefficient (Wildman–Crippen LogP) is 3.08. The number of sulfonamides is 1. The van der Waals surface area contributed by atoms with Gasteiger partial charge in [-0.15, -0.1) is 0 Å². The molecule has 2 aliphatic heterocycles. The molecule has 2 aromatic rings. The lowest BCUT2D eigenvalue weighted by Gasteiger charge is -2.44. The number of guanidine groups is 1. The number of fused-ring (bicyclic) bond motifs is 1. The molecule has 0 radical (unpaired) electrons. The van der Waals surface area contributed by atoms with Crippen molar-refractivity contribution in [2.45, 2.75) is 32.9 Å². The summed E-state index contributed by atoms with van der Waals surface area (Å²) in [5.41, 5.74) is 2.91. The Morgan fingerprint density at radius 2 is 1.95 bits per heavy atom. The third kappa shape index (κ3) is 6.23. The first-order valence-corrected chi connectivity index (χ1v) is 14.3. The highest BCUT2D eigenvalue weighted by molar-refractivity contribution is 7.88. The molecule has 0 aliphatic carbocycles. The molecule has 0 saturated carbocycles. The molecule has 1 saturated heterocycles. The molecular formula is C26H32FN7O3S. The molecule has 1 fully saturated rings. The summed E-state index contributed by atoms with van der Waals surface area (Å²) < 4.78 is 39.1. The Labute approximate surface area is 222 Å². The third-order valence-corrected chi connectivity index (χ3v) is 8.14. The van der Waals surface area contributed by atoms with E-state index in [1.807, 2.05) is 43.1 Å². The van der Waals surface area contributed by atoms with Crippen LogP contribution in [0, 0.1) is 23.2 Å². The molecule has 0 aromatic heterocycles. The predicted molar refractivity (Wildman–Crippen MR) is 144 cm³/mol. The van der Waals surface area contributed by atoms with Crippen LogP contribution >= 0.6 is 0 Å². The van der Waals surface area contributed by atoms with E-state index in [2.05, 4.69) is 10.6 Å². The Morgan fingerprint density at radius 1 is 1.18 bits per heavy atom. The van der Waals surface area contributed by atoms with E-state index in [1.54, 1.807) is 11.0 Å². The zero-order valence-electron chi connectivity index (χ0n) is 21.7. The highest BCUT2D eigenvalue weighted by atomic mass is 32.2. The Balaban J connectivity index is 1.57. The highest BCUT2D eigenvalue weighted by Crippen LogP contribution is 2.30. The Morgan fingerprint density at radius 3 is 2.63 bits per heavy atom. The number of rotatable bonds is 4. The van der Waals surface area contributed by atoms with Gasteiger partial charge < -0.3 is 15.1 Å². The van der Waals surface area contributed by atoms with Gasteiger partial charge in [0.15, 0.2) is 6.19 Å². The van der Waals surface area contributed by atoms with E-state index in [1.165, 1.54) is 28.8 Å². The van der Waals surface area contributed by atoms with E-state index in [0.717, 1.165) is 11.1 Å². The number of hydrogen-bond acceptors (Lipinski definition) is 5. The Bertz CT molecular complexity index is 1370. The minimum atomic E-state index is -3.30. The van der Waals surface area contributed by atoms with E-state index in [0.29, 0.717) is 49.9 Å². The van der Waals surface area contributed by atoms with Crippen LogP contribution < -0.4 is 10.6 Å². The summed E-state index contributed by atoms with van der Waals surface area (Å²) in [6.07, 6.45) is 3.71. The summed E-state index contributed by atoms with van der Waals surface area (Å²) >= 11 is 0. The fraction of sp³-hybridized carbons (Fsp3) is 0.423. The second kappa shape index (κ2) is 11.4. The number of nitrogens with one attached hydrogen (secondary N) is 2. The van der Waals surface area contributed by atoms with Crippen molar-refractivity contribution < 1.29 is 17.6 Å². The van der Waals surface area contributed by atoms with Crippen LogP contribution in [0.3, 0.4) is 0 Å². The smallest absolute Gasteiger partial charge is 0.321 e. The van der Waals surface area contributed by atoms with E-state index < -0.39 is 15.8 Å². The maximum Gasteiger partial charge on any atom is 0.321 e. The van der Waals surface area contributed by atoms with Gasteiger partial charge in [0.1, 0.15) is 5.82 Å². The number of carbonyl (C=O) groups is 1. The summed E-state index contributed by atoms with van der Waals surface area (Å²) in [7, 11) is -3.30. The SMILES string of the molecule is CC(C)C1CN(C(=O)Nc2cccc(F)c2)CCN1C(=Nc1cccc2c1CCN(S(C)(=O)=O)C2)NC#N. The van der Waals surface area contributed by atoms with Gasteiger partial charge in [0.2, 0.25) is 16.0 Å². The van der Waals surface area contributed by atoms with Crippen molar-refractivity contribution >= 4 is 33.4 Å². The molecule has 0 spiro atoms. The van der Waals surface area contributed by atoms with Crippen molar-refractivity contribution in [3.05, 3.63) is 59.4 Å². The average Bonchev–Trinajstić information content (AvgIpc) is 2.87. The first-order valence-electron chi connectivity index (χ1n) is 12.4. The molecule has 38 heavy (non-hydrogen) atoms. The van der Waals surface area contributed by atoms with E-state index >= 15 is 0 Å². The molecule has 202 valence electrons. The largest absolute Gasteiger partial charge is 0.335 e. The van der Waals surface area contributed by atoms with Crippen LogP contribution in [-0.2, 0) is 23.0 Å². The van der Waals surface area contributed by atoms with Crippen LogP contribution in [0.1, 0.15) is 25.0 Å². The van der Waals surface area contributed by atoms with Crippen LogP contribution in [0.5, 0.6) is 0 Å². The first-order chi connectivity index (χ1) is 18.1. The molecule has 2 N–H and O–H groups in total. The topological polar surface area (TPSA) is 121 Å². The second-order valence-electron chi connectivity index (χ2n) is 9.82. The minimum Gasteiger partial charge on any atom is -0.335 e. The summed E-state index contributed by atoms with van der Waals surface area (Å²) in [5.74, 6) is 0.0806. The molecule has 2 aliphatic rings. The fourth-order valence-electron chi connectivity index (χ4n) is 4.88. The van der Waals surface area contributed by atoms with Gasteiger partial charge in [0.05, 0.1) is 18.0 Å². The molecule has 2 aromatic carbocycles. The van der Waals surface area contributed by atoms with Crippen LogP contribution in [-0.4, -0.2) is 73.0 Å². The van der Waals surface area contributed by atoms with Crippen molar-refractivity contribution in [1.29, 1.82) is 5.26 Å². The summed E-state index contributed by atoms with van der Waals surface area (Å²) in [6.45, 7) is 5.94. The van der Waals surface area contributed by atoms with E-state index in [9.17, 15) is 22.9 Å². The summed E-state index contributed by atoms with van der Waals surface area (Å²) in [4.78, 5) is 21.4. The van der Waals surface area contributed by atoms with Crippen molar-refractivity contribution in [1.82, 2.24) is 19.4 Å². The van der Waals surface area contributed by atoms with Gasteiger partial charge in [0.25, 0.3) is 0 Å². The van der Waals surface area contributed by atoms with Gasteiger partial charge in [0, 0.05) is 38.4 Å². The van der Waals surface area contributed by atoms with Crippen LogP contribution in [0.15, 0.2) is 47.5 Å². The van der Waals surface area contributed by atoms with Gasteiger partial charge in [-0.05, 0) is 47.7 Å². The fourth-order valence-corrected chi connectivity index (χ4v) is 5.67. The molecule has 0 bridgehead atoms. The van der Waals surface area contributed by atoms with Crippen LogP contribution in [0.25, 0.3) is 0 Å². The molecule has 1 atom stereocenters. The number of benzene rings is 2. The number of halogens is 1. The zero-order chi connectivity index (χ0) is 27.4. The van der Waals surface area contributed by atoms with Crippen LogP contribution in [0.2, 0.25) is 0 Å². The van der Waals surface area contributed by atoms with Crippen molar-refractivity contribution in [2.24, 2.45) is 10.9 Å². The quantitative estimate of drug-likeness (QED) is 0.266.